The molecule has 0 heterocycles. The molecule has 0 saturated carbocycles. The maximum Gasteiger partial charge on any atom is 0.417 e. The van der Waals surface area contributed by atoms with Crippen molar-refractivity contribution in [2.45, 2.75) is 19.1 Å². The number of hydrogen-bond donors (Lipinski definition) is 2. The van der Waals surface area contributed by atoms with Gasteiger partial charge in [0.05, 0.1) is 6.54 Å². The summed E-state index contributed by atoms with van der Waals surface area (Å²) in [5, 5.41) is 1.64. The van der Waals surface area contributed by atoms with Gasteiger partial charge in [-0.25, -0.2) is 29.5 Å². The molecule has 0 aliphatic carbocycles. The third kappa shape index (κ3) is 8.49. The van der Waals surface area contributed by atoms with Crippen molar-refractivity contribution < 1.29 is 23.9 Å². The molecule has 0 aromatic rings. The first-order valence-corrected chi connectivity index (χ1v) is 4.47. The minimum absolute atomic E-state index is 0.145. The van der Waals surface area contributed by atoms with E-state index in [-0.39, 0.29) is 13.0 Å². The average Bonchev–Trinajstić information content (AvgIpc) is 2.23. The lowest BCUT2D eigenvalue weighted by molar-refractivity contribution is 0.0987. The second-order valence-corrected chi connectivity index (χ2v) is 2.68. The van der Waals surface area contributed by atoms with E-state index in [1.165, 1.54) is 12.2 Å². The molecule has 9 heteroatoms. The molecular formula is C8H10N4O5. The number of hydrogen-bond acceptors (Lipinski definition) is 7. The molecule has 17 heavy (non-hydrogen) atoms. The Labute approximate surface area is 95.7 Å². The Morgan fingerprint density at radius 3 is 2.59 bits per heavy atom. The molecule has 3 amide bonds. The highest BCUT2D eigenvalue weighted by Gasteiger charge is 2.13. The number of alkyl carbamates (subject to hydrolysis) is 1. The van der Waals surface area contributed by atoms with Gasteiger partial charge in [-0.1, -0.05) is 0 Å². The van der Waals surface area contributed by atoms with Crippen molar-refractivity contribution in [1.29, 1.82) is 0 Å². The van der Waals surface area contributed by atoms with E-state index in [9.17, 15) is 19.2 Å². The SMILES string of the molecule is NC(=O)NC(=O)OC(CCCN=C=O)N=C=O. The molecule has 0 aliphatic heterocycles. The molecule has 0 rings (SSSR count). The van der Waals surface area contributed by atoms with E-state index >= 15 is 0 Å². The fourth-order valence-electron chi connectivity index (χ4n) is 0.853. The molecule has 0 aromatic carbocycles. The Morgan fingerprint density at radius 2 is 2.06 bits per heavy atom. The monoisotopic (exact) mass is 242 g/mol. The number of carbonyl (C=O) groups excluding carboxylic acids is 4. The molecule has 92 valence electrons. The van der Waals surface area contributed by atoms with E-state index in [4.69, 9.17) is 0 Å². The first-order chi connectivity index (χ1) is 8.10. The number of isocyanates is 2. The minimum atomic E-state index is -1.12. The molecule has 0 saturated heterocycles. The van der Waals surface area contributed by atoms with Gasteiger partial charge in [0.25, 0.3) is 0 Å². The highest BCUT2D eigenvalue weighted by Crippen LogP contribution is 2.04. The van der Waals surface area contributed by atoms with E-state index in [2.05, 4.69) is 20.5 Å². The summed E-state index contributed by atoms with van der Waals surface area (Å²) in [6.07, 6.45) is 0.799. The maximum absolute atomic E-state index is 10.9. The van der Waals surface area contributed by atoms with Gasteiger partial charge in [-0.3, -0.25) is 0 Å². The van der Waals surface area contributed by atoms with Crippen LogP contribution >= 0.6 is 0 Å². The Morgan fingerprint density at radius 1 is 1.35 bits per heavy atom. The first-order valence-electron chi connectivity index (χ1n) is 4.47. The molecular weight excluding hydrogens is 232 g/mol. The number of urea groups is 1. The van der Waals surface area contributed by atoms with E-state index in [1.54, 1.807) is 5.32 Å². The molecule has 9 nitrogen and oxygen atoms in total. The Hall–Kier alpha value is -2.50. The van der Waals surface area contributed by atoms with Crippen LogP contribution in [-0.4, -0.2) is 37.1 Å². The lowest BCUT2D eigenvalue weighted by Crippen LogP contribution is -2.37. The zero-order valence-electron chi connectivity index (χ0n) is 8.71. The molecule has 0 spiro atoms. The summed E-state index contributed by atoms with van der Waals surface area (Å²) in [4.78, 5) is 47.4. The molecule has 0 aliphatic rings. The molecule has 0 fully saturated rings. The van der Waals surface area contributed by atoms with E-state index in [0.29, 0.717) is 6.42 Å². The van der Waals surface area contributed by atoms with Crippen molar-refractivity contribution in [1.82, 2.24) is 5.32 Å². The summed E-state index contributed by atoms with van der Waals surface area (Å²) in [6, 6.07) is -1.09. The van der Waals surface area contributed by atoms with Crippen LogP contribution in [0, 0.1) is 0 Å². The number of ether oxygens (including phenoxy) is 1. The number of amides is 3. The summed E-state index contributed by atoms with van der Waals surface area (Å²) in [5.41, 5.74) is 4.67. The summed E-state index contributed by atoms with van der Waals surface area (Å²) in [6.45, 7) is 0.162. The fraction of sp³-hybridized carbons (Fsp3) is 0.500. The van der Waals surface area contributed by atoms with Crippen LogP contribution in [0.1, 0.15) is 12.8 Å². The summed E-state index contributed by atoms with van der Waals surface area (Å²) in [5.74, 6) is 0. The van der Waals surface area contributed by atoms with E-state index in [0.717, 1.165) is 0 Å². The third-order valence-electron chi connectivity index (χ3n) is 1.45. The third-order valence-corrected chi connectivity index (χ3v) is 1.45. The Bertz CT molecular complexity index is 370. The highest BCUT2D eigenvalue weighted by molar-refractivity contribution is 5.89. The van der Waals surface area contributed by atoms with Gasteiger partial charge in [0, 0.05) is 6.42 Å². The normalized spacial score (nSPS) is 10.4. The zero-order chi connectivity index (χ0) is 13.1. The summed E-state index contributed by atoms with van der Waals surface area (Å²) >= 11 is 0. The van der Waals surface area contributed by atoms with Crippen LogP contribution in [-0.2, 0) is 14.3 Å². The predicted octanol–water partition coefficient (Wildman–Crippen LogP) is -0.431. The smallest absolute Gasteiger partial charge is 0.417 e. The van der Waals surface area contributed by atoms with E-state index < -0.39 is 18.4 Å². The number of nitrogens with two attached hydrogens (primary N) is 1. The number of aliphatic imine (C=N–C) groups is 2. The lowest BCUT2D eigenvalue weighted by Gasteiger charge is -2.10. The molecule has 3 N–H and O–H groups in total. The van der Waals surface area contributed by atoms with E-state index in [1.807, 2.05) is 0 Å². The van der Waals surface area contributed by atoms with Gasteiger partial charge in [0.2, 0.25) is 18.4 Å². The summed E-state index contributed by atoms with van der Waals surface area (Å²) < 4.78 is 4.56. The zero-order valence-corrected chi connectivity index (χ0v) is 8.71. The lowest BCUT2D eigenvalue weighted by atomic mass is 10.3. The quantitative estimate of drug-likeness (QED) is 0.369. The van der Waals surface area contributed by atoms with Gasteiger partial charge in [-0.15, -0.1) is 0 Å². The van der Waals surface area contributed by atoms with Gasteiger partial charge >= 0.3 is 12.1 Å². The van der Waals surface area contributed by atoms with Crippen LogP contribution in [0.15, 0.2) is 9.98 Å². The number of rotatable bonds is 6. The average molecular weight is 242 g/mol. The molecule has 1 atom stereocenters. The standard InChI is InChI=1S/C8H10N4O5/c9-7(15)12-8(16)17-6(11-5-14)2-1-3-10-4-13/h6H,1-3H2,(H3,9,12,15,16). The van der Waals surface area contributed by atoms with Crippen LogP contribution in [0.3, 0.4) is 0 Å². The molecule has 0 radical (unpaired) electrons. The van der Waals surface area contributed by atoms with Gasteiger partial charge in [-0.2, -0.15) is 4.99 Å². The summed E-state index contributed by atoms with van der Waals surface area (Å²) in [7, 11) is 0. The number of imide groups is 1. The van der Waals surface area contributed by atoms with Crippen molar-refractivity contribution in [3.63, 3.8) is 0 Å². The largest absolute Gasteiger partial charge is 0.422 e. The van der Waals surface area contributed by atoms with Crippen LogP contribution in [0.25, 0.3) is 0 Å². The molecule has 0 aromatic heterocycles. The highest BCUT2D eigenvalue weighted by atomic mass is 16.6. The van der Waals surface area contributed by atoms with Crippen molar-refractivity contribution in [2.75, 3.05) is 6.54 Å². The van der Waals surface area contributed by atoms with Gasteiger partial charge in [-0.05, 0) is 6.42 Å². The van der Waals surface area contributed by atoms with Crippen molar-refractivity contribution in [3.05, 3.63) is 0 Å². The number of carbonyl (C=O) groups is 2. The minimum Gasteiger partial charge on any atom is -0.422 e. The predicted molar refractivity (Wildman–Crippen MR) is 53.3 cm³/mol. The fourth-order valence-corrected chi connectivity index (χ4v) is 0.853. The van der Waals surface area contributed by atoms with Crippen molar-refractivity contribution in [2.24, 2.45) is 15.7 Å². The maximum atomic E-state index is 10.9. The second-order valence-electron chi connectivity index (χ2n) is 2.68. The topological polar surface area (TPSA) is 140 Å². The first kappa shape index (κ1) is 14.5. The van der Waals surface area contributed by atoms with Crippen molar-refractivity contribution in [3.8, 4) is 0 Å². The Kier molecular flexibility index (Phi) is 7.49. The van der Waals surface area contributed by atoms with Gasteiger partial charge < -0.3 is 10.5 Å². The molecule has 1 unspecified atom stereocenters. The Balaban J connectivity index is 4.14. The van der Waals surface area contributed by atoms with Gasteiger partial charge in [0.15, 0.2) is 0 Å². The van der Waals surface area contributed by atoms with Crippen LogP contribution in [0.2, 0.25) is 0 Å². The number of nitrogens with zero attached hydrogens (tertiary/aromatic N) is 2. The second kappa shape index (κ2) is 8.78. The van der Waals surface area contributed by atoms with Crippen LogP contribution in [0.5, 0.6) is 0 Å². The van der Waals surface area contributed by atoms with Crippen LogP contribution < -0.4 is 11.1 Å². The van der Waals surface area contributed by atoms with Crippen LogP contribution in [0.4, 0.5) is 9.59 Å². The van der Waals surface area contributed by atoms with Gasteiger partial charge in [0.1, 0.15) is 0 Å². The molecule has 0 bridgehead atoms. The number of primary amides is 1. The number of nitrogens with one attached hydrogen (secondary N) is 1. The van der Waals surface area contributed by atoms with Crippen molar-refractivity contribution >= 4 is 24.3 Å².